The number of nitrogens with two attached hydrogens (primary N) is 2. The van der Waals surface area contributed by atoms with Crippen molar-refractivity contribution in [3.05, 3.63) is 0 Å². The van der Waals surface area contributed by atoms with Gasteiger partial charge in [0.05, 0.1) is 0 Å². The van der Waals surface area contributed by atoms with E-state index in [0.717, 1.165) is 0 Å². The molecule has 0 radical (unpaired) electrons. The number of carbonyl (C=O) groups is 4. The summed E-state index contributed by atoms with van der Waals surface area (Å²) in [6.07, 6.45) is -0.448. The van der Waals surface area contributed by atoms with Gasteiger partial charge in [0.1, 0.15) is 12.1 Å². The van der Waals surface area contributed by atoms with Crippen molar-refractivity contribution >= 4 is 23.9 Å². The minimum Gasteiger partial charge on any atom is -0.481 e. The van der Waals surface area contributed by atoms with Gasteiger partial charge in [-0.05, 0) is 12.8 Å². The van der Waals surface area contributed by atoms with Crippen LogP contribution in [0.1, 0.15) is 25.7 Å². The Hall–Kier alpha value is -1.68. The molecule has 0 aliphatic heterocycles. The molecule has 10 nitrogen and oxygen atoms in total. The molecule has 2 atom stereocenters. The first-order valence-corrected chi connectivity index (χ1v) is 5.48. The van der Waals surface area contributed by atoms with Crippen LogP contribution < -0.4 is 11.5 Å². The van der Waals surface area contributed by atoms with Gasteiger partial charge in [0.15, 0.2) is 0 Å². The third kappa shape index (κ3) is 18.3. The summed E-state index contributed by atoms with van der Waals surface area (Å²) in [5.74, 6) is -4.39. The Morgan fingerprint density at radius 3 is 1.10 bits per heavy atom. The van der Waals surface area contributed by atoms with Crippen LogP contribution in [-0.4, -0.2) is 56.4 Å². The second-order valence-electron chi connectivity index (χ2n) is 3.75. The zero-order valence-corrected chi connectivity index (χ0v) is 12.0. The van der Waals surface area contributed by atoms with Gasteiger partial charge in [0.2, 0.25) is 0 Å². The van der Waals surface area contributed by atoms with Crippen LogP contribution in [0.3, 0.4) is 0 Å². The number of aliphatic carboxylic acids is 4. The summed E-state index contributed by atoms with van der Waals surface area (Å²) in [5.41, 5.74) is 10.0. The van der Waals surface area contributed by atoms with Crippen molar-refractivity contribution < 1.29 is 56.7 Å². The standard InChI is InChI=1S/2C5H9NO4.Fe/c2*6-3(5(9)10)1-2-4(7)8;/h2*3H,1-2,6H2,(H,7,8)(H,9,10);/t2*3-;/m00./s1. The van der Waals surface area contributed by atoms with E-state index in [9.17, 15) is 19.2 Å². The van der Waals surface area contributed by atoms with Crippen molar-refractivity contribution in [1.82, 2.24) is 0 Å². The van der Waals surface area contributed by atoms with Crippen molar-refractivity contribution in [2.45, 2.75) is 37.8 Å². The average molecular weight is 350 g/mol. The molecule has 0 saturated carbocycles. The quantitative estimate of drug-likeness (QED) is 0.280. The van der Waals surface area contributed by atoms with Gasteiger partial charge in [-0.25, -0.2) is 0 Å². The molecule has 0 saturated heterocycles. The minimum absolute atomic E-state index is 0. The molecule has 0 spiro atoms. The van der Waals surface area contributed by atoms with Crippen molar-refractivity contribution in [2.75, 3.05) is 0 Å². The van der Waals surface area contributed by atoms with E-state index in [1.165, 1.54) is 0 Å². The zero-order chi connectivity index (χ0) is 16.3. The van der Waals surface area contributed by atoms with Crippen LogP contribution in [0, 0.1) is 0 Å². The fraction of sp³-hybridized carbons (Fsp3) is 0.600. The first-order valence-electron chi connectivity index (χ1n) is 5.48. The fourth-order valence-electron chi connectivity index (χ4n) is 0.805. The smallest absolute Gasteiger partial charge is 0.320 e. The van der Waals surface area contributed by atoms with Gasteiger partial charge < -0.3 is 31.9 Å². The number of carboxylic acid groups (broad SMARTS) is 4. The van der Waals surface area contributed by atoms with Crippen molar-refractivity contribution in [2.24, 2.45) is 11.5 Å². The van der Waals surface area contributed by atoms with Crippen LogP contribution in [-0.2, 0) is 36.2 Å². The van der Waals surface area contributed by atoms with Gasteiger partial charge >= 0.3 is 23.9 Å². The molecule has 0 amide bonds. The first kappa shape index (κ1) is 24.3. The Labute approximate surface area is 130 Å². The minimum atomic E-state index is -1.17. The van der Waals surface area contributed by atoms with E-state index in [-0.39, 0.29) is 42.8 Å². The molecule has 0 heterocycles. The van der Waals surface area contributed by atoms with Crippen LogP contribution in [0.2, 0.25) is 0 Å². The molecule has 11 heteroatoms. The molecule has 0 aromatic rings. The molecule has 21 heavy (non-hydrogen) atoms. The van der Waals surface area contributed by atoms with Gasteiger partial charge in [0, 0.05) is 29.9 Å². The molecule has 0 fully saturated rings. The van der Waals surface area contributed by atoms with E-state index < -0.39 is 36.0 Å². The molecule has 0 aromatic heterocycles. The molecule has 0 aliphatic carbocycles. The van der Waals surface area contributed by atoms with Crippen LogP contribution in [0.25, 0.3) is 0 Å². The average Bonchev–Trinajstić information content (AvgIpc) is 2.33. The van der Waals surface area contributed by atoms with E-state index in [1.807, 2.05) is 0 Å². The second-order valence-corrected chi connectivity index (χ2v) is 3.75. The molecule has 0 bridgehead atoms. The van der Waals surface area contributed by atoms with E-state index in [0.29, 0.717) is 0 Å². The van der Waals surface area contributed by atoms with Gasteiger partial charge in [-0.1, -0.05) is 0 Å². The Balaban J connectivity index is -0.000000295. The summed E-state index contributed by atoms with van der Waals surface area (Å²) in [6.45, 7) is 0. The van der Waals surface area contributed by atoms with Gasteiger partial charge in [-0.3, -0.25) is 19.2 Å². The van der Waals surface area contributed by atoms with E-state index >= 15 is 0 Å². The van der Waals surface area contributed by atoms with E-state index in [1.54, 1.807) is 0 Å². The SMILES string of the molecule is N[C@@H](CCC(=O)O)C(=O)O.N[C@@H](CCC(=O)O)C(=O)O.[Fe]. The number of carboxylic acids is 4. The van der Waals surface area contributed by atoms with Crippen LogP contribution >= 0.6 is 0 Å². The fourth-order valence-corrected chi connectivity index (χ4v) is 0.805. The zero-order valence-electron chi connectivity index (χ0n) is 10.9. The maximum absolute atomic E-state index is 9.99. The Kier molecular flexibility index (Phi) is 15.4. The number of hydrogen-bond donors (Lipinski definition) is 6. The molecular formula is C10H18FeN2O8. The monoisotopic (exact) mass is 350 g/mol. The molecule has 0 rings (SSSR count). The number of rotatable bonds is 8. The van der Waals surface area contributed by atoms with Crippen molar-refractivity contribution in [3.8, 4) is 0 Å². The summed E-state index contributed by atoms with van der Waals surface area (Å²) >= 11 is 0. The topological polar surface area (TPSA) is 201 Å². The molecule has 8 N–H and O–H groups in total. The van der Waals surface area contributed by atoms with Crippen LogP contribution in [0.5, 0.6) is 0 Å². The Bertz CT molecular complexity index is 329. The predicted molar refractivity (Wildman–Crippen MR) is 65.0 cm³/mol. The Morgan fingerprint density at radius 1 is 0.714 bits per heavy atom. The third-order valence-electron chi connectivity index (χ3n) is 1.97. The second kappa shape index (κ2) is 13.3. The number of hydrogen-bond acceptors (Lipinski definition) is 6. The van der Waals surface area contributed by atoms with Gasteiger partial charge in [-0.2, -0.15) is 0 Å². The van der Waals surface area contributed by atoms with Crippen molar-refractivity contribution in [1.29, 1.82) is 0 Å². The van der Waals surface area contributed by atoms with Crippen molar-refractivity contribution in [3.63, 3.8) is 0 Å². The van der Waals surface area contributed by atoms with Crippen LogP contribution in [0.15, 0.2) is 0 Å². The summed E-state index contributed by atoms with van der Waals surface area (Å²) in [5, 5.41) is 32.5. The largest absolute Gasteiger partial charge is 0.481 e. The van der Waals surface area contributed by atoms with E-state index in [4.69, 9.17) is 31.9 Å². The summed E-state index contributed by atoms with van der Waals surface area (Å²) in [4.78, 5) is 39.7. The molecule has 0 aliphatic rings. The first-order chi connectivity index (χ1) is 9.07. The maximum atomic E-state index is 9.99. The summed E-state index contributed by atoms with van der Waals surface area (Å²) in [6, 6.07) is -2.12. The molecule has 0 unspecified atom stereocenters. The normalized spacial score (nSPS) is 11.9. The van der Waals surface area contributed by atoms with Gasteiger partial charge in [0.25, 0.3) is 0 Å². The summed E-state index contributed by atoms with van der Waals surface area (Å²) < 4.78 is 0. The molecular weight excluding hydrogens is 332 g/mol. The molecule has 0 aromatic carbocycles. The van der Waals surface area contributed by atoms with Crippen LogP contribution in [0.4, 0.5) is 0 Å². The summed E-state index contributed by atoms with van der Waals surface area (Å²) in [7, 11) is 0. The van der Waals surface area contributed by atoms with E-state index in [2.05, 4.69) is 0 Å². The predicted octanol–water partition coefficient (Wildman–Crippen LogP) is -1.48. The van der Waals surface area contributed by atoms with Gasteiger partial charge in [-0.15, -0.1) is 0 Å². The third-order valence-corrected chi connectivity index (χ3v) is 1.97. The molecule has 124 valence electrons. The Morgan fingerprint density at radius 2 is 0.952 bits per heavy atom. The maximum Gasteiger partial charge on any atom is 0.320 e.